The Bertz CT molecular complexity index is 1260. The molecule has 0 fully saturated rings. The summed E-state index contributed by atoms with van der Waals surface area (Å²) in [5.41, 5.74) is 3.19. The summed E-state index contributed by atoms with van der Waals surface area (Å²) >= 11 is 0. The minimum atomic E-state index is -1.35. The number of aromatic nitrogens is 1. The first-order valence-corrected chi connectivity index (χ1v) is 10.4. The number of aliphatic carboxylic acids is 1. The normalized spacial score (nSPS) is 10.9. The van der Waals surface area contributed by atoms with Crippen LogP contribution in [0.2, 0.25) is 0 Å². The number of nitrogens with zero attached hydrogens (tertiary/aromatic N) is 1. The van der Waals surface area contributed by atoms with Crippen LogP contribution in [0.25, 0.3) is 0 Å². The van der Waals surface area contributed by atoms with E-state index >= 15 is 0 Å². The predicted octanol–water partition coefficient (Wildman–Crippen LogP) is -4.32. The summed E-state index contributed by atoms with van der Waals surface area (Å²) in [5.74, 6) is -1.97. The first kappa shape index (κ1) is 31.0. The molecule has 0 unspecified atom stereocenters. The third-order valence-electron chi connectivity index (χ3n) is 5.56. The van der Waals surface area contributed by atoms with Gasteiger partial charge in [0.2, 0.25) is 0 Å². The van der Waals surface area contributed by atoms with Crippen molar-refractivity contribution in [1.82, 2.24) is 9.88 Å². The van der Waals surface area contributed by atoms with Gasteiger partial charge in [-0.15, -0.1) is 0 Å². The van der Waals surface area contributed by atoms with Crippen molar-refractivity contribution in [2.45, 2.75) is 32.7 Å². The van der Waals surface area contributed by atoms with Crippen molar-refractivity contribution >= 4 is 17.7 Å². The van der Waals surface area contributed by atoms with E-state index in [1.165, 1.54) is 17.7 Å². The first-order valence-electron chi connectivity index (χ1n) is 10.4. The van der Waals surface area contributed by atoms with Gasteiger partial charge in [-0.1, -0.05) is 54.3 Å². The molecule has 0 spiro atoms. The minimum Gasteiger partial charge on any atom is -0.871 e. The summed E-state index contributed by atoms with van der Waals surface area (Å²) in [6.45, 7) is 3.62. The molecule has 0 aliphatic heterocycles. The Labute approximate surface area is 248 Å². The number of hydrogen-bond acceptors (Lipinski definition) is 5. The molecular formula is C25H25N3Na2O5. The molecule has 172 valence electrons. The molecule has 0 aliphatic carbocycles. The van der Waals surface area contributed by atoms with E-state index in [4.69, 9.17) is 0 Å². The molecule has 0 bridgehead atoms. The quantitative estimate of drug-likeness (QED) is 0.322. The first-order chi connectivity index (χ1) is 15.7. The number of urea groups is 1. The molecule has 0 radical (unpaired) electrons. The molecule has 8 nitrogen and oxygen atoms in total. The van der Waals surface area contributed by atoms with E-state index in [-0.39, 0.29) is 59.1 Å². The molecule has 10 heteroatoms. The Morgan fingerprint density at radius 3 is 2.37 bits per heavy atom. The molecule has 0 aliphatic rings. The second kappa shape index (κ2) is 13.9. The van der Waals surface area contributed by atoms with Crippen LogP contribution in [-0.2, 0) is 18.3 Å². The molecule has 2 aromatic carbocycles. The van der Waals surface area contributed by atoms with Crippen molar-refractivity contribution < 1.29 is 78.9 Å². The Morgan fingerprint density at radius 1 is 1.03 bits per heavy atom. The number of pyridine rings is 1. The number of anilines is 1. The van der Waals surface area contributed by atoms with Gasteiger partial charge in [0.1, 0.15) is 5.69 Å². The van der Waals surface area contributed by atoms with E-state index in [2.05, 4.69) is 10.6 Å². The zero-order valence-corrected chi connectivity index (χ0v) is 24.7. The van der Waals surface area contributed by atoms with Crippen molar-refractivity contribution in [2.75, 3.05) is 5.32 Å². The van der Waals surface area contributed by atoms with Gasteiger partial charge in [-0.3, -0.25) is 4.79 Å². The van der Waals surface area contributed by atoms with Crippen molar-refractivity contribution in [2.24, 2.45) is 7.05 Å². The topological polar surface area (TPSA) is 126 Å². The van der Waals surface area contributed by atoms with Crippen LogP contribution in [0.1, 0.15) is 40.4 Å². The molecule has 1 atom stereocenters. The summed E-state index contributed by atoms with van der Waals surface area (Å²) in [6.07, 6.45) is 0.168. The van der Waals surface area contributed by atoms with Crippen molar-refractivity contribution in [3.8, 4) is 5.75 Å². The van der Waals surface area contributed by atoms with Crippen LogP contribution >= 0.6 is 0 Å². The monoisotopic (exact) mass is 493 g/mol. The van der Waals surface area contributed by atoms with E-state index in [0.29, 0.717) is 17.7 Å². The van der Waals surface area contributed by atoms with Crippen LogP contribution in [0.15, 0.2) is 59.4 Å². The Balaban J connectivity index is 0.00000306. The number of carbonyl (C=O) groups is 2. The zero-order valence-electron chi connectivity index (χ0n) is 20.7. The second-order valence-electron chi connectivity index (χ2n) is 7.96. The van der Waals surface area contributed by atoms with Crippen LogP contribution in [-0.4, -0.2) is 16.6 Å². The summed E-state index contributed by atoms with van der Waals surface area (Å²) in [5, 5.41) is 28.3. The number of amides is 2. The van der Waals surface area contributed by atoms with Crippen molar-refractivity contribution in [1.29, 1.82) is 0 Å². The van der Waals surface area contributed by atoms with E-state index in [1.807, 2.05) is 43.3 Å². The van der Waals surface area contributed by atoms with Gasteiger partial charge in [0, 0.05) is 25.1 Å². The largest absolute Gasteiger partial charge is 1.00 e. The number of carboxylic acids is 1. The van der Waals surface area contributed by atoms with Crippen LogP contribution in [0.3, 0.4) is 0 Å². The number of carboxylic acid groups (broad SMARTS) is 1. The van der Waals surface area contributed by atoms with E-state index in [1.54, 1.807) is 19.1 Å². The molecule has 2 amide bonds. The molecule has 2 N–H and O–H groups in total. The maximum absolute atomic E-state index is 12.6. The van der Waals surface area contributed by atoms with E-state index < -0.39 is 41.5 Å². The molecule has 0 saturated carbocycles. The smallest absolute Gasteiger partial charge is 0.871 e. The zero-order chi connectivity index (χ0) is 24.1. The van der Waals surface area contributed by atoms with Gasteiger partial charge in [-0.2, -0.15) is 0 Å². The molecule has 1 aromatic heterocycles. The summed E-state index contributed by atoms with van der Waals surface area (Å²) in [4.78, 5) is 36.3. The van der Waals surface area contributed by atoms with Gasteiger partial charge in [-0.25, -0.2) is 4.79 Å². The number of aryl methyl sites for hydroxylation is 2. The van der Waals surface area contributed by atoms with Gasteiger partial charge >= 0.3 is 65.1 Å². The average molecular weight is 493 g/mol. The molecular weight excluding hydrogens is 468 g/mol. The van der Waals surface area contributed by atoms with Gasteiger partial charge in [0.25, 0.3) is 5.56 Å². The van der Waals surface area contributed by atoms with Gasteiger partial charge in [0.15, 0.2) is 0 Å². The van der Waals surface area contributed by atoms with Gasteiger partial charge < -0.3 is 30.2 Å². The third kappa shape index (κ3) is 8.24. The van der Waals surface area contributed by atoms with E-state index in [0.717, 1.165) is 16.7 Å². The third-order valence-corrected chi connectivity index (χ3v) is 5.56. The van der Waals surface area contributed by atoms with Crippen LogP contribution in [0, 0.1) is 13.8 Å². The Hall–Kier alpha value is -2.07. The Kier molecular flexibility index (Phi) is 12.3. The van der Waals surface area contributed by atoms with Crippen molar-refractivity contribution in [3.05, 3.63) is 92.9 Å². The average Bonchev–Trinajstić information content (AvgIpc) is 2.76. The van der Waals surface area contributed by atoms with Gasteiger partial charge in [-0.05, 0) is 48.6 Å². The predicted molar refractivity (Wildman–Crippen MR) is 121 cm³/mol. The standard InChI is InChI=1S/C25H27N3O5.2Na/c1-15-7-4-5-9-18(15)12-17-8-6-10-19(13-17)20(14-22(30)31)26-25(33)27-23-21(29)11-16(2)28(3)24(23)32;;/h4-11,13,20,29H,12,14H2,1-3H3,(H,30,31)(H2,26,27,33);;/q;2*+1/p-2/t20-;;/m0../s1. The number of benzene rings is 2. The SMILES string of the molecule is Cc1ccccc1Cc1cccc([C@H](CC(=O)[O-])NC(=O)Nc2c([O-])cc(C)n(C)c2=O)c1.[Na+].[Na+]. The summed E-state index contributed by atoms with van der Waals surface area (Å²) < 4.78 is 1.24. The minimum absolute atomic E-state index is 0. The summed E-state index contributed by atoms with van der Waals surface area (Å²) in [6, 6.07) is 14.7. The number of nitrogens with one attached hydrogen (secondary N) is 2. The second-order valence-corrected chi connectivity index (χ2v) is 7.96. The number of carbonyl (C=O) groups excluding carboxylic acids is 2. The molecule has 35 heavy (non-hydrogen) atoms. The Morgan fingerprint density at radius 2 is 1.71 bits per heavy atom. The molecule has 3 rings (SSSR count). The van der Waals surface area contributed by atoms with Crippen LogP contribution in [0.4, 0.5) is 10.5 Å². The van der Waals surface area contributed by atoms with Crippen LogP contribution < -0.4 is 85.5 Å². The van der Waals surface area contributed by atoms with E-state index in [9.17, 15) is 24.6 Å². The maximum atomic E-state index is 12.6. The van der Waals surface area contributed by atoms with Crippen molar-refractivity contribution in [3.63, 3.8) is 0 Å². The summed E-state index contributed by atoms with van der Waals surface area (Å²) in [7, 11) is 1.49. The maximum Gasteiger partial charge on any atom is 1.00 e. The number of hydrogen-bond donors (Lipinski definition) is 2. The van der Waals surface area contributed by atoms with Gasteiger partial charge in [0.05, 0.1) is 6.04 Å². The van der Waals surface area contributed by atoms with Crippen LogP contribution in [0.5, 0.6) is 5.75 Å². The molecule has 0 saturated heterocycles. The number of rotatable bonds is 7. The fourth-order valence-corrected chi connectivity index (χ4v) is 3.58. The fourth-order valence-electron chi connectivity index (χ4n) is 3.58. The molecule has 1 heterocycles. The molecule has 3 aromatic rings. The fraction of sp³-hybridized carbons (Fsp3) is 0.240.